The van der Waals surface area contributed by atoms with Gasteiger partial charge in [-0.1, -0.05) is 56.3 Å². The van der Waals surface area contributed by atoms with Gasteiger partial charge in [-0.3, -0.25) is 4.79 Å². The normalized spacial score (nSPS) is 12.1. The molecule has 1 atom stereocenters. The largest absolute Gasteiger partial charge is 0.333 e. The highest BCUT2D eigenvalue weighted by atomic mass is 16.2. The summed E-state index contributed by atoms with van der Waals surface area (Å²) in [5.74, 6) is 0.206. The molecule has 1 heterocycles. The van der Waals surface area contributed by atoms with Gasteiger partial charge < -0.3 is 15.6 Å². The minimum atomic E-state index is -0.646. The number of rotatable bonds is 7. The molecular formula is C22H26N4O. The number of aromatic nitrogens is 2. The summed E-state index contributed by atoms with van der Waals surface area (Å²) in [6.45, 7) is 4.99. The van der Waals surface area contributed by atoms with Gasteiger partial charge in [-0.05, 0) is 29.2 Å². The molecule has 2 aromatic carbocycles. The standard InChI is InChI=1S/C22H26N4O/c1-16(2)18-9-6-10-19(11-18)25-22(27)21(23)12-20-14-26(15-24-20)13-17-7-4-3-5-8-17/h3-11,14-16,21H,12-13,23H2,1-2H3,(H,25,27)/t21-/m0/s1. The van der Waals surface area contributed by atoms with Gasteiger partial charge in [0.25, 0.3) is 0 Å². The lowest BCUT2D eigenvalue weighted by molar-refractivity contribution is -0.117. The summed E-state index contributed by atoms with van der Waals surface area (Å²) >= 11 is 0. The van der Waals surface area contributed by atoms with Crippen molar-refractivity contribution in [3.63, 3.8) is 0 Å². The van der Waals surface area contributed by atoms with Gasteiger partial charge in [-0.15, -0.1) is 0 Å². The van der Waals surface area contributed by atoms with Crippen LogP contribution in [0.5, 0.6) is 0 Å². The molecule has 27 heavy (non-hydrogen) atoms. The van der Waals surface area contributed by atoms with Gasteiger partial charge >= 0.3 is 0 Å². The average Bonchev–Trinajstić information content (AvgIpc) is 3.09. The monoisotopic (exact) mass is 362 g/mol. The molecule has 5 nitrogen and oxygen atoms in total. The third-order valence-corrected chi connectivity index (χ3v) is 4.48. The predicted octanol–water partition coefficient (Wildman–Crippen LogP) is 3.56. The van der Waals surface area contributed by atoms with E-state index in [4.69, 9.17) is 5.73 Å². The summed E-state index contributed by atoms with van der Waals surface area (Å²) in [5, 5.41) is 2.91. The Balaban J connectivity index is 1.57. The number of amides is 1. The smallest absolute Gasteiger partial charge is 0.241 e. The highest BCUT2D eigenvalue weighted by molar-refractivity contribution is 5.94. The zero-order chi connectivity index (χ0) is 19.2. The molecule has 0 spiro atoms. The fraction of sp³-hybridized carbons (Fsp3) is 0.273. The van der Waals surface area contributed by atoms with Crippen molar-refractivity contribution >= 4 is 11.6 Å². The van der Waals surface area contributed by atoms with Crippen LogP contribution < -0.4 is 11.1 Å². The summed E-state index contributed by atoms with van der Waals surface area (Å²) < 4.78 is 2.00. The summed E-state index contributed by atoms with van der Waals surface area (Å²) in [4.78, 5) is 16.8. The van der Waals surface area contributed by atoms with E-state index in [1.807, 2.05) is 47.2 Å². The molecular weight excluding hydrogens is 336 g/mol. The molecule has 1 aromatic heterocycles. The number of nitrogens with two attached hydrogens (primary N) is 1. The van der Waals surface area contributed by atoms with Gasteiger partial charge in [0.15, 0.2) is 0 Å². The first-order valence-corrected chi connectivity index (χ1v) is 9.22. The lowest BCUT2D eigenvalue weighted by Gasteiger charge is -2.13. The molecule has 0 bridgehead atoms. The lowest BCUT2D eigenvalue weighted by Crippen LogP contribution is -2.37. The lowest BCUT2D eigenvalue weighted by atomic mass is 10.0. The highest BCUT2D eigenvalue weighted by Gasteiger charge is 2.16. The Hall–Kier alpha value is -2.92. The first kappa shape index (κ1) is 18.9. The van der Waals surface area contributed by atoms with Crippen molar-refractivity contribution in [2.45, 2.75) is 38.8 Å². The van der Waals surface area contributed by atoms with E-state index in [1.165, 1.54) is 11.1 Å². The molecule has 140 valence electrons. The molecule has 0 saturated carbocycles. The number of nitrogens with one attached hydrogen (secondary N) is 1. The molecule has 0 aliphatic heterocycles. The Morgan fingerprint density at radius 1 is 1.15 bits per heavy atom. The van der Waals surface area contributed by atoms with Crippen molar-refractivity contribution < 1.29 is 4.79 Å². The molecule has 0 aliphatic rings. The van der Waals surface area contributed by atoms with Crippen molar-refractivity contribution in [1.82, 2.24) is 9.55 Å². The number of hydrogen-bond acceptors (Lipinski definition) is 3. The molecule has 1 amide bonds. The van der Waals surface area contributed by atoms with E-state index >= 15 is 0 Å². The van der Waals surface area contributed by atoms with E-state index in [-0.39, 0.29) is 5.91 Å². The molecule has 0 fully saturated rings. The van der Waals surface area contributed by atoms with Crippen LogP contribution in [-0.4, -0.2) is 21.5 Å². The minimum absolute atomic E-state index is 0.200. The van der Waals surface area contributed by atoms with Gasteiger partial charge in [-0.2, -0.15) is 0 Å². The van der Waals surface area contributed by atoms with Crippen LogP contribution >= 0.6 is 0 Å². The number of hydrogen-bond donors (Lipinski definition) is 2. The summed E-state index contributed by atoms with van der Waals surface area (Å²) in [6.07, 6.45) is 4.12. The van der Waals surface area contributed by atoms with Crippen molar-refractivity contribution in [1.29, 1.82) is 0 Å². The Bertz CT molecular complexity index is 886. The zero-order valence-corrected chi connectivity index (χ0v) is 15.8. The molecule has 5 heteroatoms. The van der Waals surface area contributed by atoms with Crippen molar-refractivity contribution in [2.75, 3.05) is 5.32 Å². The molecule has 3 rings (SSSR count). The van der Waals surface area contributed by atoms with Gasteiger partial charge in [0.1, 0.15) is 0 Å². The predicted molar refractivity (Wildman–Crippen MR) is 109 cm³/mol. The molecule has 0 radical (unpaired) electrons. The van der Waals surface area contributed by atoms with Crippen LogP contribution in [0.4, 0.5) is 5.69 Å². The summed E-state index contributed by atoms with van der Waals surface area (Å²) in [6, 6.07) is 17.4. The van der Waals surface area contributed by atoms with Crippen molar-refractivity contribution in [2.24, 2.45) is 5.73 Å². The average molecular weight is 362 g/mol. The molecule has 3 aromatic rings. The third-order valence-electron chi connectivity index (χ3n) is 4.48. The van der Waals surface area contributed by atoms with E-state index < -0.39 is 6.04 Å². The topological polar surface area (TPSA) is 72.9 Å². The Kier molecular flexibility index (Phi) is 6.04. The second-order valence-electron chi connectivity index (χ2n) is 7.10. The van der Waals surface area contributed by atoms with Crippen molar-refractivity contribution in [3.05, 3.63) is 83.9 Å². The SMILES string of the molecule is CC(C)c1cccc(NC(=O)[C@@H](N)Cc2cn(Cc3ccccc3)cn2)c1. The number of carbonyl (C=O) groups is 1. The second-order valence-corrected chi connectivity index (χ2v) is 7.10. The summed E-state index contributed by atoms with van der Waals surface area (Å²) in [5.41, 5.74) is 10.1. The maximum atomic E-state index is 12.4. The number of anilines is 1. The van der Waals surface area contributed by atoms with Crippen LogP contribution in [0, 0.1) is 0 Å². The van der Waals surface area contributed by atoms with Crippen LogP contribution in [-0.2, 0) is 17.8 Å². The minimum Gasteiger partial charge on any atom is -0.333 e. The van der Waals surface area contributed by atoms with Crippen LogP contribution in [0.1, 0.15) is 36.6 Å². The second kappa shape index (κ2) is 8.64. The maximum absolute atomic E-state index is 12.4. The van der Waals surface area contributed by atoms with Crippen LogP contribution in [0.25, 0.3) is 0 Å². The number of benzene rings is 2. The maximum Gasteiger partial charge on any atom is 0.241 e. The summed E-state index contributed by atoms with van der Waals surface area (Å²) in [7, 11) is 0. The van der Waals surface area contributed by atoms with Gasteiger partial charge in [-0.25, -0.2) is 4.98 Å². The quantitative estimate of drug-likeness (QED) is 0.675. The Morgan fingerprint density at radius 3 is 2.67 bits per heavy atom. The number of imidazole rings is 1. The highest BCUT2D eigenvalue weighted by Crippen LogP contribution is 2.18. The Labute approximate surface area is 160 Å². The molecule has 0 aliphatic carbocycles. The van der Waals surface area contributed by atoms with Gasteiger partial charge in [0.2, 0.25) is 5.91 Å². The fourth-order valence-corrected chi connectivity index (χ4v) is 2.92. The van der Waals surface area contributed by atoms with E-state index in [0.29, 0.717) is 12.3 Å². The van der Waals surface area contributed by atoms with Crippen LogP contribution in [0.3, 0.4) is 0 Å². The van der Waals surface area contributed by atoms with Gasteiger partial charge in [0.05, 0.1) is 18.1 Å². The third kappa shape index (κ3) is 5.28. The first-order chi connectivity index (χ1) is 13.0. The van der Waals surface area contributed by atoms with Gasteiger partial charge in [0, 0.05) is 24.8 Å². The number of nitrogens with zero attached hydrogens (tertiary/aromatic N) is 2. The van der Waals surface area contributed by atoms with E-state index in [9.17, 15) is 4.79 Å². The van der Waals surface area contributed by atoms with E-state index in [0.717, 1.165) is 17.9 Å². The van der Waals surface area contributed by atoms with Crippen molar-refractivity contribution in [3.8, 4) is 0 Å². The molecule has 0 saturated heterocycles. The Morgan fingerprint density at radius 2 is 1.93 bits per heavy atom. The zero-order valence-electron chi connectivity index (χ0n) is 15.8. The fourth-order valence-electron chi connectivity index (χ4n) is 2.92. The number of carbonyl (C=O) groups excluding carboxylic acids is 1. The molecule has 3 N–H and O–H groups in total. The van der Waals surface area contributed by atoms with E-state index in [1.54, 1.807) is 6.33 Å². The van der Waals surface area contributed by atoms with Crippen LogP contribution in [0.2, 0.25) is 0 Å². The first-order valence-electron chi connectivity index (χ1n) is 9.22. The van der Waals surface area contributed by atoms with Crippen LogP contribution in [0.15, 0.2) is 67.1 Å². The van der Waals surface area contributed by atoms with E-state index in [2.05, 4.69) is 42.3 Å². The molecule has 0 unspecified atom stereocenters.